The summed E-state index contributed by atoms with van der Waals surface area (Å²) in [4.78, 5) is 10.7. The van der Waals surface area contributed by atoms with Crippen molar-refractivity contribution in [3.63, 3.8) is 0 Å². The molecule has 0 fully saturated rings. The van der Waals surface area contributed by atoms with E-state index in [1.807, 2.05) is 12.1 Å². The summed E-state index contributed by atoms with van der Waals surface area (Å²) in [5, 5.41) is 0. The van der Waals surface area contributed by atoms with Crippen molar-refractivity contribution in [2.24, 2.45) is 0 Å². The van der Waals surface area contributed by atoms with E-state index in [-0.39, 0.29) is 0 Å². The third-order valence-electron chi connectivity index (χ3n) is 2.93. The first-order chi connectivity index (χ1) is 8.68. The molecular weight excluding hydrogens is 224 g/mol. The highest BCUT2D eigenvalue weighted by atomic mass is 16.5. The van der Waals surface area contributed by atoms with Gasteiger partial charge in [-0.1, -0.05) is 31.4 Å². The Kier molecular flexibility index (Phi) is 7.16. The van der Waals surface area contributed by atoms with E-state index in [1.165, 1.54) is 18.4 Å². The molecule has 0 radical (unpaired) electrons. The first-order valence-electron chi connectivity index (χ1n) is 6.87. The molecule has 0 atom stereocenters. The molecule has 2 nitrogen and oxygen atoms in total. The molecule has 100 valence electrons. The summed E-state index contributed by atoms with van der Waals surface area (Å²) in [5.41, 5.74) is 1.23. The van der Waals surface area contributed by atoms with E-state index >= 15 is 0 Å². The number of hydrogen-bond donors (Lipinski definition) is 0. The standard InChI is InChI=1S/C16H24O2/c1-14-9-8-11-16(13-14)18-12-7-5-3-4-6-10-15(2)17/h8-9,11,13H,3-7,10,12H2,1-2H3. The Morgan fingerprint density at radius 1 is 1.11 bits per heavy atom. The summed E-state index contributed by atoms with van der Waals surface area (Å²) in [6.07, 6.45) is 6.40. The van der Waals surface area contributed by atoms with E-state index in [2.05, 4.69) is 19.1 Å². The highest BCUT2D eigenvalue weighted by molar-refractivity contribution is 5.75. The maximum absolute atomic E-state index is 10.7. The van der Waals surface area contributed by atoms with E-state index in [4.69, 9.17) is 4.74 Å². The molecule has 0 spiro atoms. The molecule has 0 bridgehead atoms. The van der Waals surface area contributed by atoms with Crippen LogP contribution in [0.2, 0.25) is 0 Å². The third kappa shape index (κ3) is 7.10. The number of hydrogen-bond acceptors (Lipinski definition) is 2. The van der Waals surface area contributed by atoms with Crippen LogP contribution in [0.25, 0.3) is 0 Å². The smallest absolute Gasteiger partial charge is 0.129 e. The number of carbonyl (C=O) groups is 1. The fourth-order valence-electron chi connectivity index (χ4n) is 1.90. The third-order valence-corrected chi connectivity index (χ3v) is 2.93. The lowest BCUT2D eigenvalue weighted by atomic mass is 10.1. The summed E-state index contributed by atoms with van der Waals surface area (Å²) in [7, 11) is 0. The molecule has 0 heterocycles. The topological polar surface area (TPSA) is 26.3 Å². The molecule has 1 aromatic rings. The van der Waals surface area contributed by atoms with Crippen LogP contribution in [0.3, 0.4) is 0 Å². The van der Waals surface area contributed by atoms with Crippen molar-refractivity contribution in [3.05, 3.63) is 29.8 Å². The van der Waals surface area contributed by atoms with Crippen LogP contribution in [0.4, 0.5) is 0 Å². The van der Waals surface area contributed by atoms with E-state index in [9.17, 15) is 4.79 Å². The lowest BCUT2D eigenvalue weighted by Gasteiger charge is -2.06. The lowest BCUT2D eigenvalue weighted by molar-refractivity contribution is -0.117. The van der Waals surface area contributed by atoms with Crippen molar-refractivity contribution in [2.45, 2.75) is 52.4 Å². The van der Waals surface area contributed by atoms with Gasteiger partial charge in [0.2, 0.25) is 0 Å². The van der Waals surface area contributed by atoms with E-state index < -0.39 is 0 Å². The molecule has 18 heavy (non-hydrogen) atoms. The van der Waals surface area contributed by atoms with Crippen LogP contribution in [0.5, 0.6) is 5.75 Å². The van der Waals surface area contributed by atoms with Crippen molar-refractivity contribution < 1.29 is 9.53 Å². The van der Waals surface area contributed by atoms with Gasteiger partial charge < -0.3 is 9.53 Å². The monoisotopic (exact) mass is 248 g/mol. The van der Waals surface area contributed by atoms with Crippen molar-refractivity contribution in [1.29, 1.82) is 0 Å². The second-order valence-corrected chi connectivity index (χ2v) is 4.88. The first kappa shape index (κ1) is 14.7. The fraction of sp³-hybridized carbons (Fsp3) is 0.562. The molecule has 0 aliphatic rings. The molecule has 0 N–H and O–H groups in total. The molecule has 0 aromatic heterocycles. The van der Waals surface area contributed by atoms with Crippen molar-refractivity contribution in [1.82, 2.24) is 0 Å². The summed E-state index contributed by atoms with van der Waals surface area (Å²) in [6.45, 7) is 4.52. The molecule has 2 heteroatoms. The molecule has 0 saturated carbocycles. The number of benzene rings is 1. The average molecular weight is 248 g/mol. The van der Waals surface area contributed by atoms with Crippen LogP contribution in [0.15, 0.2) is 24.3 Å². The van der Waals surface area contributed by atoms with Crippen LogP contribution in [-0.2, 0) is 4.79 Å². The zero-order valence-corrected chi connectivity index (χ0v) is 11.6. The minimum Gasteiger partial charge on any atom is -0.494 e. The van der Waals surface area contributed by atoms with Gasteiger partial charge in [-0.3, -0.25) is 0 Å². The second-order valence-electron chi connectivity index (χ2n) is 4.88. The summed E-state index contributed by atoms with van der Waals surface area (Å²) in [6, 6.07) is 8.15. The van der Waals surface area contributed by atoms with Gasteiger partial charge in [0.05, 0.1) is 6.61 Å². The van der Waals surface area contributed by atoms with Crippen LogP contribution in [-0.4, -0.2) is 12.4 Å². The SMILES string of the molecule is CC(=O)CCCCCCCOc1cccc(C)c1. The second kappa shape index (κ2) is 8.73. The molecule has 0 aliphatic heterocycles. The number of rotatable bonds is 9. The first-order valence-corrected chi connectivity index (χ1v) is 6.87. The van der Waals surface area contributed by atoms with Crippen LogP contribution >= 0.6 is 0 Å². The Labute approximate surface area is 110 Å². The molecule has 0 saturated heterocycles. The Morgan fingerprint density at radius 3 is 2.56 bits per heavy atom. The largest absolute Gasteiger partial charge is 0.494 e. The van der Waals surface area contributed by atoms with Gasteiger partial charge in [0.25, 0.3) is 0 Å². The quantitative estimate of drug-likeness (QED) is 0.609. The molecule has 0 unspecified atom stereocenters. The minimum absolute atomic E-state index is 0.304. The Hall–Kier alpha value is -1.31. The number of Topliss-reactive ketones (excluding diaryl/α,β-unsaturated/α-hetero) is 1. The average Bonchev–Trinajstić information content (AvgIpc) is 2.32. The molecule has 0 amide bonds. The van der Waals surface area contributed by atoms with Gasteiger partial charge in [-0.2, -0.15) is 0 Å². The normalized spacial score (nSPS) is 10.3. The highest BCUT2D eigenvalue weighted by Gasteiger charge is 1.96. The number of ether oxygens (including phenoxy) is 1. The molecular formula is C16H24O2. The van der Waals surface area contributed by atoms with Crippen molar-refractivity contribution >= 4 is 5.78 Å². The zero-order chi connectivity index (χ0) is 13.2. The van der Waals surface area contributed by atoms with Crippen molar-refractivity contribution in [2.75, 3.05) is 6.61 Å². The predicted molar refractivity (Wildman–Crippen MR) is 75.1 cm³/mol. The molecule has 0 aliphatic carbocycles. The Morgan fingerprint density at radius 2 is 1.83 bits per heavy atom. The number of aryl methyl sites for hydroxylation is 1. The van der Waals surface area contributed by atoms with Gasteiger partial charge in [-0.15, -0.1) is 0 Å². The van der Waals surface area contributed by atoms with Gasteiger partial charge >= 0.3 is 0 Å². The summed E-state index contributed by atoms with van der Waals surface area (Å²) in [5.74, 6) is 1.27. The molecule has 1 rings (SSSR count). The Balaban J connectivity index is 1.97. The van der Waals surface area contributed by atoms with Crippen LogP contribution in [0, 0.1) is 6.92 Å². The maximum Gasteiger partial charge on any atom is 0.129 e. The van der Waals surface area contributed by atoms with E-state index in [0.29, 0.717) is 5.78 Å². The Bertz CT molecular complexity index is 358. The minimum atomic E-state index is 0.304. The van der Waals surface area contributed by atoms with Crippen molar-refractivity contribution in [3.8, 4) is 5.75 Å². The predicted octanol–water partition coefficient (Wildman–Crippen LogP) is 4.30. The van der Waals surface area contributed by atoms with Gasteiger partial charge in [0.15, 0.2) is 0 Å². The summed E-state index contributed by atoms with van der Waals surface area (Å²) < 4.78 is 5.68. The maximum atomic E-state index is 10.7. The number of ketones is 1. The lowest BCUT2D eigenvalue weighted by Crippen LogP contribution is -1.97. The summed E-state index contributed by atoms with van der Waals surface area (Å²) >= 11 is 0. The number of carbonyl (C=O) groups excluding carboxylic acids is 1. The zero-order valence-electron chi connectivity index (χ0n) is 11.6. The molecule has 1 aromatic carbocycles. The van der Waals surface area contributed by atoms with E-state index in [0.717, 1.165) is 38.0 Å². The fourth-order valence-corrected chi connectivity index (χ4v) is 1.90. The number of unbranched alkanes of at least 4 members (excludes halogenated alkanes) is 4. The van der Waals surface area contributed by atoms with Gasteiger partial charge in [0.1, 0.15) is 11.5 Å². The highest BCUT2D eigenvalue weighted by Crippen LogP contribution is 2.13. The van der Waals surface area contributed by atoms with Crippen LogP contribution in [0.1, 0.15) is 51.0 Å². The van der Waals surface area contributed by atoms with Crippen LogP contribution < -0.4 is 4.74 Å². The van der Waals surface area contributed by atoms with Gasteiger partial charge in [0, 0.05) is 6.42 Å². The van der Waals surface area contributed by atoms with Gasteiger partial charge in [-0.05, 0) is 44.4 Å². The van der Waals surface area contributed by atoms with E-state index in [1.54, 1.807) is 6.92 Å². The van der Waals surface area contributed by atoms with Gasteiger partial charge in [-0.25, -0.2) is 0 Å².